The summed E-state index contributed by atoms with van der Waals surface area (Å²) in [5, 5.41) is 6.65. The predicted molar refractivity (Wildman–Crippen MR) is 171 cm³/mol. The molecule has 1 fully saturated rings. The van der Waals surface area contributed by atoms with Crippen molar-refractivity contribution in [1.82, 2.24) is 10.2 Å². The molecule has 0 aliphatic heterocycles. The molecule has 0 saturated heterocycles. The van der Waals surface area contributed by atoms with Gasteiger partial charge in [0.05, 0.1) is 6.04 Å². The van der Waals surface area contributed by atoms with E-state index in [1.54, 1.807) is 6.08 Å². The van der Waals surface area contributed by atoms with Crippen molar-refractivity contribution in [2.75, 3.05) is 26.0 Å². The molecule has 0 radical (unpaired) electrons. The Hall–Kier alpha value is -3.12. The molecule has 2 N–H and O–H groups in total. The first kappa shape index (κ1) is 34.1. The lowest BCUT2D eigenvalue weighted by Crippen LogP contribution is -2.54. The van der Waals surface area contributed by atoms with Crippen LogP contribution in [-0.4, -0.2) is 43.3 Å². The van der Waals surface area contributed by atoms with Gasteiger partial charge in [-0.1, -0.05) is 64.1 Å². The van der Waals surface area contributed by atoms with Gasteiger partial charge in [-0.15, -0.1) is 0 Å². The molecule has 0 aromatic heterocycles. The summed E-state index contributed by atoms with van der Waals surface area (Å²) >= 11 is 0. The van der Waals surface area contributed by atoms with E-state index >= 15 is 0 Å². The molecule has 1 aliphatic rings. The Balaban J connectivity index is 2.10. The number of ketones is 1. The van der Waals surface area contributed by atoms with Gasteiger partial charge < -0.3 is 20.3 Å². The quantitative estimate of drug-likeness (QED) is 0.0787. The van der Waals surface area contributed by atoms with E-state index in [0.717, 1.165) is 66.9 Å². The second kappa shape index (κ2) is 17.0. The van der Waals surface area contributed by atoms with E-state index in [9.17, 15) is 9.59 Å². The maximum Gasteiger partial charge on any atom is 0.234 e. The lowest BCUT2D eigenvalue weighted by atomic mass is 9.63. The number of carbonyl (C=O) groups excluding carboxylic acids is 2. The van der Waals surface area contributed by atoms with Crippen LogP contribution in [0.3, 0.4) is 0 Å². The van der Waals surface area contributed by atoms with Crippen molar-refractivity contribution in [3.05, 3.63) is 78.2 Å². The minimum Gasteiger partial charge on any atom is -0.489 e. The molecule has 1 aromatic carbocycles. The average molecular weight is 564 g/mol. The molecule has 0 heterocycles. The third-order valence-corrected chi connectivity index (χ3v) is 8.12. The lowest BCUT2D eigenvalue weighted by Gasteiger charge is -2.40. The number of ether oxygens (including phenoxy) is 1. The number of nitrogens with one attached hydrogen (secondary N) is 2. The number of amides is 1. The van der Waals surface area contributed by atoms with Crippen molar-refractivity contribution in [2.24, 2.45) is 11.3 Å². The number of rotatable bonds is 19. The Kier molecular flexibility index (Phi) is 14.1. The molecular weight excluding hydrogens is 510 g/mol. The molecule has 226 valence electrons. The fraction of sp³-hybridized carbons (Fsp3) is 0.543. The zero-order chi connectivity index (χ0) is 30.4. The van der Waals surface area contributed by atoms with E-state index in [1.165, 1.54) is 0 Å². The molecule has 6 heteroatoms. The van der Waals surface area contributed by atoms with Crippen LogP contribution >= 0.6 is 0 Å². The Bertz CT molecular complexity index is 1080. The molecule has 41 heavy (non-hydrogen) atoms. The number of hydrogen-bond acceptors (Lipinski definition) is 5. The molecule has 6 nitrogen and oxygen atoms in total. The Morgan fingerprint density at radius 3 is 2.39 bits per heavy atom. The van der Waals surface area contributed by atoms with Crippen LogP contribution in [0.5, 0.6) is 0 Å². The molecule has 0 bridgehead atoms. The second-order valence-corrected chi connectivity index (χ2v) is 11.8. The Morgan fingerprint density at radius 2 is 1.85 bits per heavy atom. The van der Waals surface area contributed by atoms with Crippen LogP contribution in [0.2, 0.25) is 0 Å². The fourth-order valence-electron chi connectivity index (χ4n) is 5.01. The van der Waals surface area contributed by atoms with Crippen LogP contribution in [0.25, 0.3) is 0 Å². The summed E-state index contributed by atoms with van der Waals surface area (Å²) in [5.41, 5.74) is 2.81. The number of unbranched alkanes of at least 4 members (excludes halogenated alkanes) is 1. The van der Waals surface area contributed by atoms with Crippen LogP contribution < -0.4 is 10.6 Å². The van der Waals surface area contributed by atoms with Gasteiger partial charge >= 0.3 is 0 Å². The summed E-state index contributed by atoms with van der Waals surface area (Å²) in [5.74, 6) is 1.01. The number of allylic oxidation sites excluding steroid dienone is 4. The van der Waals surface area contributed by atoms with Crippen LogP contribution in [0, 0.1) is 11.3 Å². The van der Waals surface area contributed by atoms with Crippen molar-refractivity contribution in [1.29, 1.82) is 0 Å². The molecule has 0 spiro atoms. The molecular formula is C35H53N3O3. The summed E-state index contributed by atoms with van der Waals surface area (Å²) < 4.78 is 5.96. The number of nitrogens with zero attached hydrogens (tertiary/aromatic N) is 1. The summed E-state index contributed by atoms with van der Waals surface area (Å²) in [6.45, 7) is 17.7. The molecule has 1 saturated carbocycles. The maximum atomic E-state index is 13.6. The summed E-state index contributed by atoms with van der Waals surface area (Å²) in [6, 6.07) is 7.75. The van der Waals surface area contributed by atoms with Crippen molar-refractivity contribution in [3.63, 3.8) is 0 Å². The van der Waals surface area contributed by atoms with Gasteiger partial charge in [0.2, 0.25) is 5.91 Å². The molecule has 1 aromatic rings. The number of hydrogen-bond donors (Lipinski definition) is 2. The van der Waals surface area contributed by atoms with Gasteiger partial charge in [-0.05, 0) is 102 Å². The standard InChI is InChI=1S/C35H53N3O3/c1-9-15-27(5)32(11-3)41-25-29-17-19-30(20-18-29)36-28(6)31(16-12-13-23-38(7)8)37-34(40)35(21-14-22-35)33(39)24-26(4)10-2/h9,11,15,17-20,26,31,36H,3,6,10,12-14,16,21-25H2,1-2,4-5,7-8H3,(H,37,40)/b15-9-,32-27+. The second-order valence-electron chi connectivity index (χ2n) is 11.8. The van der Waals surface area contributed by atoms with Crippen molar-refractivity contribution in [2.45, 2.75) is 91.7 Å². The van der Waals surface area contributed by atoms with Gasteiger partial charge in [-0.2, -0.15) is 0 Å². The van der Waals surface area contributed by atoms with Crippen molar-refractivity contribution < 1.29 is 14.3 Å². The lowest BCUT2D eigenvalue weighted by molar-refractivity contribution is -0.149. The van der Waals surface area contributed by atoms with Gasteiger partial charge in [0.25, 0.3) is 0 Å². The molecule has 1 aliphatic carbocycles. The molecule has 1 amide bonds. The van der Waals surface area contributed by atoms with Gasteiger partial charge in [0.15, 0.2) is 0 Å². The van der Waals surface area contributed by atoms with E-state index in [2.05, 4.69) is 56.6 Å². The number of carbonyl (C=O) groups is 2. The minimum absolute atomic E-state index is 0.0914. The van der Waals surface area contributed by atoms with Gasteiger partial charge in [0, 0.05) is 17.8 Å². The Labute approximate surface area is 249 Å². The van der Waals surface area contributed by atoms with E-state index in [0.29, 0.717) is 25.9 Å². The number of benzene rings is 1. The predicted octanol–water partition coefficient (Wildman–Crippen LogP) is 7.56. The maximum absolute atomic E-state index is 13.6. The highest BCUT2D eigenvalue weighted by molar-refractivity contribution is 6.07. The zero-order valence-electron chi connectivity index (χ0n) is 26.4. The normalized spacial score (nSPS) is 16.4. The zero-order valence-corrected chi connectivity index (χ0v) is 26.4. The van der Waals surface area contributed by atoms with Crippen molar-refractivity contribution >= 4 is 17.4 Å². The minimum atomic E-state index is -0.878. The first-order valence-electron chi connectivity index (χ1n) is 15.2. The van der Waals surface area contributed by atoms with E-state index in [1.807, 2.05) is 50.3 Å². The van der Waals surface area contributed by atoms with E-state index in [4.69, 9.17) is 4.74 Å². The Morgan fingerprint density at radius 1 is 1.17 bits per heavy atom. The first-order valence-corrected chi connectivity index (χ1v) is 15.2. The largest absolute Gasteiger partial charge is 0.489 e. The smallest absolute Gasteiger partial charge is 0.234 e. The third-order valence-electron chi connectivity index (χ3n) is 8.12. The van der Waals surface area contributed by atoms with Crippen LogP contribution in [0.15, 0.2) is 72.7 Å². The number of Topliss-reactive ketones (excluding diaryl/α,β-unsaturated/α-hetero) is 1. The SMILES string of the molecule is C=C/C(OCc1ccc(NC(=C)C(CCCCN(C)C)NC(=O)C2(C(=O)CC(C)CC)CCC2)cc1)=C(C)\C=C/C. The molecule has 2 atom stereocenters. The third kappa shape index (κ3) is 10.3. The van der Waals surface area contributed by atoms with E-state index in [-0.39, 0.29) is 23.7 Å². The summed E-state index contributed by atoms with van der Waals surface area (Å²) in [7, 11) is 4.13. The van der Waals surface area contributed by atoms with Gasteiger partial charge in [-0.3, -0.25) is 9.59 Å². The fourth-order valence-corrected chi connectivity index (χ4v) is 5.01. The highest BCUT2D eigenvalue weighted by atomic mass is 16.5. The van der Waals surface area contributed by atoms with Crippen LogP contribution in [0.4, 0.5) is 5.69 Å². The summed E-state index contributed by atoms with van der Waals surface area (Å²) in [6.07, 6.45) is 12.0. The highest BCUT2D eigenvalue weighted by Gasteiger charge is 2.50. The average Bonchev–Trinajstić information content (AvgIpc) is 2.90. The van der Waals surface area contributed by atoms with Crippen LogP contribution in [0.1, 0.15) is 84.6 Å². The van der Waals surface area contributed by atoms with Crippen molar-refractivity contribution in [3.8, 4) is 0 Å². The van der Waals surface area contributed by atoms with E-state index < -0.39 is 5.41 Å². The monoisotopic (exact) mass is 563 g/mol. The first-order chi connectivity index (χ1) is 19.6. The number of anilines is 1. The molecule has 2 unspecified atom stereocenters. The topological polar surface area (TPSA) is 70.7 Å². The van der Waals surface area contributed by atoms with Crippen LogP contribution in [-0.2, 0) is 20.9 Å². The highest BCUT2D eigenvalue weighted by Crippen LogP contribution is 2.44. The molecule has 2 rings (SSSR count). The summed E-state index contributed by atoms with van der Waals surface area (Å²) in [4.78, 5) is 29.0. The van der Waals surface area contributed by atoms with Gasteiger partial charge in [0.1, 0.15) is 23.6 Å². The van der Waals surface area contributed by atoms with Gasteiger partial charge in [-0.25, -0.2) is 0 Å².